The van der Waals surface area contributed by atoms with Crippen molar-refractivity contribution in [2.45, 2.75) is 23.0 Å². The van der Waals surface area contributed by atoms with Gasteiger partial charge in [0.1, 0.15) is 10.6 Å². The molecule has 1 aliphatic rings. The van der Waals surface area contributed by atoms with E-state index in [9.17, 15) is 30.4 Å². The number of thiazole rings is 1. The number of anilines is 1. The highest BCUT2D eigenvalue weighted by Crippen LogP contribution is 2.35. The zero-order valence-corrected chi connectivity index (χ0v) is 18.8. The zero-order chi connectivity index (χ0) is 23.9. The Morgan fingerprint density at radius 1 is 0.939 bits per heavy atom. The molecule has 0 spiro atoms. The number of aromatic nitrogens is 1. The van der Waals surface area contributed by atoms with Crippen LogP contribution in [0.4, 0.5) is 27.1 Å². The van der Waals surface area contributed by atoms with E-state index in [4.69, 9.17) is 4.74 Å². The SMILES string of the molecule is COc1ccc(-c2csc(N3CCC(S(=O)(=O)c4c(F)c(F)c(F)c(F)c4F)CC3)n2)cc1. The standard InChI is InChI=1S/C21H17F5N2O3S2/c1-31-12-4-2-11(3-5-12)14-10-32-21(27-14)28-8-6-13(7-9-28)33(29,30)20-18(25)16(23)15(22)17(24)19(20)26/h2-5,10,13H,6-9H2,1H3. The van der Waals surface area contributed by atoms with E-state index in [1.165, 1.54) is 11.3 Å². The van der Waals surface area contributed by atoms with E-state index in [-0.39, 0.29) is 25.9 Å². The van der Waals surface area contributed by atoms with Gasteiger partial charge in [-0.1, -0.05) is 0 Å². The van der Waals surface area contributed by atoms with E-state index in [0.29, 0.717) is 16.6 Å². The first kappa shape index (κ1) is 23.4. The fraction of sp³-hybridized carbons (Fsp3) is 0.286. The van der Waals surface area contributed by atoms with Crippen LogP contribution in [0.15, 0.2) is 34.5 Å². The predicted molar refractivity (Wildman–Crippen MR) is 113 cm³/mol. The summed E-state index contributed by atoms with van der Waals surface area (Å²) in [4.78, 5) is 4.61. The van der Waals surface area contributed by atoms with Crippen LogP contribution in [-0.4, -0.2) is 38.9 Å². The Morgan fingerprint density at radius 3 is 2.03 bits per heavy atom. The fourth-order valence-corrected chi connectivity index (χ4v) is 6.39. The molecule has 12 heteroatoms. The van der Waals surface area contributed by atoms with Gasteiger partial charge in [0.2, 0.25) is 5.82 Å². The molecule has 0 saturated carbocycles. The summed E-state index contributed by atoms with van der Waals surface area (Å²) in [5, 5.41) is 1.19. The molecule has 1 fully saturated rings. The fourth-order valence-electron chi connectivity index (χ4n) is 3.66. The normalized spacial score (nSPS) is 15.2. The average Bonchev–Trinajstić information content (AvgIpc) is 3.32. The third-order valence-electron chi connectivity index (χ3n) is 5.48. The molecule has 1 aromatic heterocycles. The molecule has 5 nitrogen and oxygen atoms in total. The lowest BCUT2D eigenvalue weighted by Gasteiger charge is -2.31. The number of piperidine rings is 1. The molecular weight excluding hydrogens is 487 g/mol. The first-order valence-corrected chi connectivity index (χ1v) is 12.2. The first-order valence-electron chi connectivity index (χ1n) is 9.75. The molecule has 3 aromatic rings. The molecule has 176 valence electrons. The smallest absolute Gasteiger partial charge is 0.200 e. The molecule has 0 atom stereocenters. The first-order chi connectivity index (χ1) is 15.6. The van der Waals surface area contributed by atoms with Crippen molar-refractivity contribution in [2.24, 2.45) is 0 Å². The van der Waals surface area contributed by atoms with Crippen LogP contribution < -0.4 is 9.64 Å². The van der Waals surface area contributed by atoms with Crippen LogP contribution in [-0.2, 0) is 9.84 Å². The van der Waals surface area contributed by atoms with Gasteiger partial charge in [0, 0.05) is 24.0 Å². The summed E-state index contributed by atoms with van der Waals surface area (Å²) >= 11 is 1.35. The van der Waals surface area contributed by atoms with E-state index in [2.05, 4.69) is 4.98 Å². The van der Waals surface area contributed by atoms with Gasteiger partial charge in [-0.2, -0.15) is 0 Å². The Labute approximate surface area is 190 Å². The number of hydrogen-bond donors (Lipinski definition) is 0. The quantitative estimate of drug-likeness (QED) is 0.213. The van der Waals surface area contributed by atoms with E-state index >= 15 is 0 Å². The number of ether oxygens (including phenoxy) is 1. The molecule has 0 N–H and O–H groups in total. The largest absolute Gasteiger partial charge is 0.497 e. The summed E-state index contributed by atoms with van der Waals surface area (Å²) in [6, 6.07) is 7.29. The summed E-state index contributed by atoms with van der Waals surface area (Å²) in [6.45, 7) is 0.379. The lowest BCUT2D eigenvalue weighted by Crippen LogP contribution is -2.40. The van der Waals surface area contributed by atoms with Crippen LogP contribution in [0.5, 0.6) is 5.75 Å². The van der Waals surface area contributed by atoms with E-state index in [1.54, 1.807) is 19.2 Å². The van der Waals surface area contributed by atoms with Crippen molar-refractivity contribution in [3.8, 4) is 17.0 Å². The lowest BCUT2D eigenvalue weighted by atomic mass is 10.1. The highest BCUT2D eigenvalue weighted by Gasteiger charge is 2.39. The number of methoxy groups -OCH3 is 1. The Balaban J connectivity index is 1.51. The number of nitrogens with zero attached hydrogens (tertiary/aromatic N) is 2. The monoisotopic (exact) mass is 504 g/mol. The molecule has 33 heavy (non-hydrogen) atoms. The molecule has 4 rings (SSSR count). The molecule has 0 unspecified atom stereocenters. The Bertz CT molecular complexity index is 1260. The topological polar surface area (TPSA) is 59.5 Å². The maximum Gasteiger partial charge on any atom is 0.200 e. The van der Waals surface area contributed by atoms with Crippen molar-refractivity contribution in [2.75, 3.05) is 25.1 Å². The third-order valence-corrected chi connectivity index (χ3v) is 8.66. The van der Waals surface area contributed by atoms with Crippen LogP contribution in [0.2, 0.25) is 0 Å². The minimum atomic E-state index is -4.79. The second-order valence-electron chi connectivity index (χ2n) is 7.37. The molecule has 0 aliphatic carbocycles. The molecule has 0 bridgehead atoms. The number of sulfone groups is 1. The summed E-state index contributed by atoms with van der Waals surface area (Å²) in [6.07, 6.45) is -0.113. The van der Waals surface area contributed by atoms with E-state index in [0.717, 1.165) is 5.56 Å². The van der Waals surface area contributed by atoms with Crippen molar-refractivity contribution in [3.63, 3.8) is 0 Å². The average molecular weight is 505 g/mol. The highest BCUT2D eigenvalue weighted by atomic mass is 32.2. The number of rotatable bonds is 5. The maximum atomic E-state index is 14.1. The van der Waals surface area contributed by atoms with Crippen LogP contribution in [0.3, 0.4) is 0 Å². The highest BCUT2D eigenvalue weighted by molar-refractivity contribution is 7.92. The van der Waals surface area contributed by atoms with E-state index < -0.39 is 49.1 Å². The molecule has 2 aromatic carbocycles. The minimum absolute atomic E-state index is 0.0563. The van der Waals surface area contributed by atoms with Gasteiger partial charge in [0.05, 0.1) is 18.1 Å². The molecule has 2 heterocycles. The van der Waals surface area contributed by atoms with Crippen LogP contribution in [0, 0.1) is 29.1 Å². The minimum Gasteiger partial charge on any atom is -0.497 e. The van der Waals surface area contributed by atoms with Crippen molar-refractivity contribution >= 4 is 26.3 Å². The molecular formula is C21H17F5N2O3S2. The lowest BCUT2D eigenvalue weighted by molar-refractivity contribution is 0.356. The van der Waals surface area contributed by atoms with Crippen LogP contribution in [0.25, 0.3) is 11.3 Å². The number of halogens is 5. The van der Waals surface area contributed by atoms with Crippen molar-refractivity contribution in [1.82, 2.24) is 4.98 Å². The van der Waals surface area contributed by atoms with Crippen molar-refractivity contribution < 1.29 is 35.1 Å². The second kappa shape index (κ2) is 8.90. The van der Waals surface area contributed by atoms with Crippen LogP contribution in [0.1, 0.15) is 12.8 Å². The second-order valence-corrected chi connectivity index (χ2v) is 10.4. The van der Waals surface area contributed by atoms with Gasteiger partial charge in [-0.3, -0.25) is 0 Å². The van der Waals surface area contributed by atoms with Gasteiger partial charge in [0.15, 0.2) is 38.2 Å². The van der Waals surface area contributed by atoms with Gasteiger partial charge in [-0.05, 0) is 37.1 Å². The molecule has 1 aliphatic heterocycles. The summed E-state index contributed by atoms with van der Waals surface area (Å²) < 4.78 is 99.1. The maximum absolute atomic E-state index is 14.1. The Hall–Kier alpha value is -2.73. The molecule has 0 radical (unpaired) electrons. The number of hydrogen-bond acceptors (Lipinski definition) is 6. The van der Waals surface area contributed by atoms with E-state index in [1.807, 2.05) is 22.4 Å². The summed E-state index contributed by atoms with van der Waals surface area (Å²) in [5.41, 5.74) is 1.58. The third kappa shape index (κ3) is 4.17. The molecule has 0 amide bonds. The van der Waals surface area contributed by atoms with Crippen LogP contribution >= 0.6 is 11.3 Å². The van der Waals surface area contributed by atoms with Gasteiger partial charge in [-0.15, -0.1) is 11.3 Å². The predicted octanol–water partition coefficient (Wildman–Crippen LogP) is 4.96. The molecule has 1 saturated heterocycles. The van der Waals surface area contributed by atoms with Gasteiger partial charge >= 0.3 is 0 Å². The van der Waals surface area contributed by atoms with Gasteiger partial charge < -0.3 is 9.64 Å². The van der Waals surface area contributed by atoms with Gasteiger partial charge in [0.25, 0.3) is 0 Å². The zero-order valence-electron chi connectivity index (χ0n) is 17.1. The van der Waals surface area contributed by atoms with Crippen molar-refractivity contribution in [1.29, 1.82) is 0 Å². The number of benzene rings is 2. The Kier molecular flexibility index (Phi) is 6.32. The van der Waals surface area contributed by atoms with Gasteiger partial charge in [-0.25, -0.2) is 35.4 Å². The summed E-state index contributed by atoms with van der Waals surface area (Å²) in [7, 11) is -3.23. The van der Waals surface area contributed by atoms with Crippen molar-refractivity contribution in [3.05, 3.63) is 58.7 Å². The Morgan fingerprint density at radius 2 is 1.48 bits per heavy atom. The summed E-state index contributed by atoms with van der Waals surface area (Å²) in [5.74, 6) is -10.9.